The lowest BCUT2D eigenvalue weighted by Crippen LogP contribution is -2.43. The second-order valence-electron chi connectivity index (χ2n) is 4.34. The zero-order valence-corrected chi connectivity index (χ0v) is 10.8. The van der Waals surface area contributed by atoms with Crippen LogP contribution in [0.3, 0.4) is 0 Å². The first-order valence-corrected chi connectivity index (χ1v) is 7.02. The summed E-state index contributed by atoms with van der Waals surface area (Å²) in [4.78, 5) is 11.6. The van der Waals surface area contributed by atoms with Crippen molar-refractivity contribution in [3.05, 3.63) is 24.2 Å². The normalized spacial score (nSPS) is 17.5. The summed E-state index contributed by atoms with van der Waals surface area (Å²) < 4.78 is 5.24. The summed E-state index contributed by atoms with van der Waals surface area (Å²) in [6.45, 7) is 4.12. The van der Waals surface area contributed by atoms with Gasteiger partial charge < -0.3 is 15.1 Å². The molecule has 1 aliphatic heterocycles. The predicted molar refractivity (Wildman–Crippen MR) is 69.0 cm³/mol. The lowest BCUT2D eigenvalue weighted by Gasteiger charge is -2.26. The Kier molecular flexibility index (Phi) is 4.50. The molecule has 2 rings (SSSR count). The van der Waals surface area contributed by atoms with Gasteiger partial charge in [0.25, 0.3) is 0 Å². The van der Waals surface area contributed by atoms with E-state index in [1.165, 1.54) is 0 Å². The van der Waals surface area contributed by atoms with E-state index in [4.69, 9.17) is 4.42 Å². The summed E-state index contributed by atoms with van der Waals surface area (Å²) in [5.74, 6) is 3.21. The summed E-state index contributed by atoms with van der Waals surface area (Å²) in [7, 11) is 0. The number of hydrogen-bond acceptors (Lipinski definition) is 4. The fourth-order valence-electron chi connectivity index (χ4n) is 1.68. The Morgan fingerprint density at radius 3 is 3.12 bits per heavy atom. The van der Waals surface area contributed by atoms with Crippen molar-refractivity contribution in [1.82, 2.24) is 10.6 Å². The maximum absolute atomic E-state index is 11.6. The van der Waals surface area contributed by atoms with Gasteiger partial charge >= 0.3 is 0 Å². The van der Waals surface area contributed by atoms with Crippen LogP contribution in [0.1, 0.15) is 18.7 Å². The molecule has 2 N–H and O–H groups in total. The molecule has 17 heavy (non-hydrogen) atoms. The molecule has 1 fully saturated rings. The molecule has 4 nitrogen and oxygen atoms in total. The molecule has 1 aromatic rings. The molecule has 0 spiro atoms. The summed E-state index contributed by atoms with van der Waals surface area (Å²) >= 11 is 1.70. The lowest BCUT2D eigenvalue weighted by molar-refractivity contribution is -0.119. The second kappa shape index (κ2) is 6.12. The molecule has 1 atom stereocenters. The van der Waals surface area contributed by atoms with Crippen LogP contribution in [-0.2, 0) is 4.79 Å². The van der Waals surface area contributed by atoms with Crippen LogP contribution in [0.2, 0.25) is 0 Å². The maximum Gasteiger partial charge on any atom is 0.230 e. The van der Waals surface area contributed by atoms with Gasteiger partial charge in [0.05, 0.1) is 18.1 Å². The van der Waals surface area contributed by atoms with Gasteiger partial charge in [-0.3, -0.25) is 4.79 Å². The van der Waals surface area contributed by atoms with Gasteiger partial charge in [-0.15, -0.1) is 0 Å². The molecule has 0 bridgehead atoms. The quantitative estimate of drug-likeness (QED) is 0.806. The molecule has 1 aromatic heterocycles. The van der Waals surface area contributed by atoms with E-state index in [0.717, 1.165) is 30.5 Å². The van der Waals surface area contributed by atoms with Gasteiger partial charge in [-0.2, -0.15) is 11.8 Å². The number of carbonyl (C=O) groups is 1. The first kappa shape index (κ1) is 12.5. The van der Waals surface area contributed by atoms with Crippen molar-refractivity contribution in [1.29, 1.82) is 0 Å². The van der Waals surface area contributed by atoms with Crippen molar-refractivity contribution >= 4 is 17.7 Å². The van der Waals surface area contributed by atoms with E-state index >= 15 is 0 Å². The first-order valence-electron chi connectivity index (χ1n) is 5.87. The second-order valence-corrected chi connectivity index (χ2v) is 5.37. The molecule has 1 saturated heterocycles. The number of carbonyl (C=O) groups excluding carboxylic acids is 1. The van der Waals surface area contributed by atoms with Crippen LogP contribution in [0.25, 0.3) is 0 Å². The van der Waals surface area contributed by atoms with Crippen LogP contribution >= 0.6 is 11.8 Å². The van der Waals surface area contributed by atoms with E-state index in [0.29, 0.717) is 5.75 Å². The zero-order valence-electron chi connectivity index (χ0n) is 9.94. The Morgan fingerprint density at radius 2 is 2.53 bits per heavy atom. The highest BCUT2D eigenvalue weighted by Crippen LogP contribution is 2.14. The van der Waals surface area contributed by atoms with Crippen LogP contribution in [0, 0.1) is 5.92 Å². The van der Waals surface area contributed by atoms with E-state index in [-0.39, 0.29) is 11.9 Å². The molecular formula is C12H18N2O2S. The van der Waals surface area contributed by atoms with Gasteiger partial charge in [-0.25, -0.2) is 0 Å². The standard InChI is InChI=1S/C12H18N2O2S/c1-9(11-3-2-4-16-11)14-12(15)8-17-7-10-5-13-6-10/h2-4,9-10,13H,5-8H2,1H3,(H,14,15). The molecule has 1 amide bonds. The minimum atomic E-state index is -0.0523. The summed E-state index contributed by atoms with van der Waals surface area (Å²) in [5, 5.41) is 6.15. The molecule has 1 aliphatic rings. The topological polar surface area (TPSA) is 54.3 Å². The average molecular weight is 254 g/mol. The number of hydrogen-bond donors (Lipinski definition) is 2. The van der Waals surface area contributed by atoms with Crippen LogP contribution in [0.4, 0.5) is 0 Å². The summed E-state index contributed by atoms with van der Waals surface area (Å²) in [6.07, 6.45) is 1.62. The van der Waals surface area contributed by atoms with Crippen LogP contribution in [-0.4, -0.2) is 30.5 Å². The Bertz CT molecular complexity index is 349. The molecule has 5 heteroatoms. The zero-order chi connectivity index (χ0) is 12.1. The molecule has 94 valence electrons. The molecule has 0 aliphatic carbocycles. The maximum atomic E-state index is 11.6. The molecule has 2 heterocycles. The molecule has 0 aromatic carbocycles. The molecular weight excluding hydrogens is 236 g/mol. The number of nitrogens with one attached hydrogen (secondary N) is 2. The van der Waals surface area contributed by atoms with Crippen LogP contribution in [0.15, 0.2) is 22.8 Å². The van der Waals surface area contributed by atoms with Crippen molar-refractivity contribution in [2.75, 3.05) is 24.6 Å². The van der Waals surface area contributed by atoms with Gasteiger partial charge in [0.1, 0.15) is 5.76 Å². The summed E-state index contributed by atoms with van der Waals surface area (Å²) in [5.41, 5.74) is 0. The number of thioether (sulfide) groups is 1. The smallest absolute Gasteiger partial charge is 0.230 e. The summed E-state index contributed by atoms with van der Waals surface area (Å²) in [6, 6.07) is 3.65. The third-order valence-electron chi connectivity index (χ3n) is 2.80. The van der Waals surface area contributed by atoms with E-state index < -0.39 is 0 Å². The molecule has 0 saturated carbocycles. The Balaban J connectivity index is 1.62. The van der Waals surface area contributed by atoms with E-state index in [1.54, 1.807) is 18.0 Å². The Morgan fingerprint density at radius 1 is 1.71 bits per heavy atom. The monoisotopic (exact) mass is 254 g/mol. The lowest BCUT2D eigenvalue weighted by atomic mass is 10.1. The minimum absolute atomic E-state index is 0.0523. The predicted octanol–water partition coefficient (Wildman–Crippen LogP) is 1.41. The highest BCUT2D eigenvalue weighted by molar-refractivity contribution is 7.99. The van der Waals surface area contributed by atoms with Crippen molar-refractivity contribution < 1.29 is 9.21 Å². The largest absolute Gasteiger partial charge is 0.467 e. The van der Waals surface area contributed by atoms with Gasteiger partial charge in [-0.1, -0.05) is 0 Å². The highest BCUT2D eigenvalue weighted by atomic mass is 32.2. The van der Waals surface area contributed by atoms with E-state index in [9.17, 15) is 4.79 Å². The third-order valence-corrected chi connectivity index (χ3v) is 3.97. The van der Waals surface area contributed by atoms with Crippen LogP contribution < -0.4 is 10.6 Å². The average Bonchev–Trinajstić information content (AvgIpc) is 2.74. The van der Waals surface area contributed by atoms with E-state index in [1.807, 2.05) is 19.1 Å². The fourth-order valence-corrected chi connectivity index (χ4v) is 2.63. The highest BCUT2D eigenvalue weighted by Gasteiger charge is 2.17. The Labute approximate surface area is 106 Å². The van der Waals surface area contributed by atoms with Crippen molar-refractivity contribution in [2.24, 2.45) is 5.92 Å². The van der Waals surface area contributed by atoms with Crippen molar-refractivity contribution in [3.8, 4) is 0 Å². The van der Waals surface area contributed by atoms with Gasteiger partial charge in [0.15, 0.2) is 0 Å². The molecule has 0 radical (unpaired) electrons. The molecule has 1 unspecified atom stereocenters. The fraction of sp³-hybridized carbons (Fsp3) is 0.583. The van der Waals surface area contributed by atoms with Gasteiger partial charge in [0.2, 0.25) is 5.91 Å². The van der Waals surface area contributed by atoms with Crippen molar-refractivity contribution in [2.45, 2.75) is 13.0 Å². The first-order chi connectivity index (χ1) is 8.25. The van der Waals surface area contributed by atoms with Gasteiger partial charge in [-0.05, 0) is 43.8 Å². The SMILES string of the molecule is CC(NC(=O)CSCC1CNC1)c1ccco1. The van der Waals surface area contributed by atoms with Crippen LogP contribution in [0.5, 0.6) is 0 Å². The van der Waals surface area contributed by atoms with Crippen molar-refractivity contribution in [3.63, 3.8) is 0 Å². The number of rotatable bonds is 6. The Hall–Kier alpha value is -0.940. The van der Waals surface area contributed by atoms with E-state index in [2.05, 4.69) is 10.6 Å². The third kappa shape index (κ3) is 3.78. The number of amides is 1. The number of furan rings is 1. The van der Waals surface area contributed by atoms with Gasteiger partial charge in [0, 0.05) is 0 Å². The minimum Gasteiger partial charge on any atom is -0.467 e.